The molecular weight excluding hydrogens is 282 g/mol. The highest BCUT2D eigenvalue weighted by molar-refractivity contribution is 7.89. The van der Waals surface area contributed by atoms with Crippen LogP contribution in [0.2, 0.25) is 0 Å². The summed E-state index contributed by atoms with van der Waals surface area (Å²) in [6.07, 6.45) is 0.678. The van der Waals surface area contributed by atoms with Gasteiger partial charge in [0.25, 0.3) is 5.69 Å². The molecule has 0 saturated carbocycles. The van der Waals surface area contributed by atoms with Crippen molar-refractivity contribution in [2.45, 2.75) is 31.2 Å². The molecule has 1 fully saturated rings. The highest BCUT2D eigenvalue weighted by Crippen LogP contribution is 2.27. The summed E-state index contributed by atoms with van der Waals surface area (Å²) in [6, 6.07) is 2.44. The fourth-order valence-electron chi connectivity index (χ4n) is 2.17. The van der Waals surface area contributed by atoms with Gasteiger partial charge in [-0.2, -0.15) is 0 Å². The number of nitrogens with zero attached hydrogens (tertiary/aromatic N) is 1. The zero-order valence-corrected chi connectivity index (χ0v) is 12.2. The summed E-state index contributed by atoms with van der Waals surface area (Å²) in [6.45, 7) is 4.72. The van der Waals surface area contributed by atoms with Gasteiger partial charge in [0.2, 0.25) is 10.0 Å². The molecule has 2 N–H and O–H groups in total. The van der Waals surface area contributed by atoms with Gasteiger partial charge in [-0.3, -0.25) is 10.1 Å². The van der Waals surface area contributed by atoms with Crippen molar-refractivity contribution in [1.29, 1.82) is 0 Å². The molecule has 1 heterocycles. The largest absolute Gasteiger partial charge is 0.315 e. The maximum atomic E-state index is 12.3. The molecule has 1 aromatic rings. The summed E-state index contributed by atoms with van der Waals surface area (Å²) in [5.41, 5.74) is 1.02. The smallest absolute Gasteiger partial charge is 0.289 e. The normalized spacial score (nSPS) is 19.2. The van der Waals surface area contributed by atoms with Crippen molar-refractivity contribution in [2.24, 2.45) is 0 Å². The van der Waals surface area contributed by atoms with Crippen LogP contribution in [-0.2, 0) is 10.0 Å². The zero-order chi connectivity index (χ0) is 14.9. The van der Waals surface area contributed by atoms with Crippen molar-refractivity contribution in [1.82, 2.24) is 10.0 Å². The molecule has 1 aliphatic rings. The minimum Gasteiger partial charge on any atom is -0.315 e. The number of nitrogens with one attached hydrogen (secondary N) is 2. The number of nitro benzene ring substituents is 1. The summed E-state index contributed by atoms with van der Waals surface area (Å²) < 4.78 is 27.2. The molecule has 1 unspecified atom stereocenters. The lowest BCUT2D eigenvalue weighted by atomic mass is 10.1. The lowest BCUT2D eigenvalue weighted by Gasteiger charge is -2.13. The molecule has 2 rings (SSSR count). The first-order valence-corrected chi connectivity index (χ1v) is 7.78. The third kappa shape index (κ3) is 2.97. The minimum atomic E-state index is -3.89. The first kappa shape index (κ1) is 14.9. The molecule has 0 spiro atoms. The first-order chi connectivity index (χ1) is 9.31. The van der Waals surface area contributed by atoms with Gasteiger partial charge in [0, 0.05) is 18.7 Å². The standard InChI is InChI=1S/C12H17N3O4S/c1-8-5-11(15(16)17)12(6-9(8)2)20(18,19)14-10-3-4-13-7-10/h5-6,10,13-14H,3-4,7H2,1-2H3. The molecule has 7 nitrogen and oxygen atoms in total. The van der Waals surface area contributed by atoms with Crippen LogP contribution >= 0.6 is 0 Å². The molecule has 20 heavy (non-hydrogen) atoms. The average Bonchev–Trinajstić information content (AvgIpc) is 2.83. The predicted molar refractivity (Wildman–Crippen MR) is 74.2 cm³/mol. The Balaban J connectivity index is 2.44. The van der Waals surface area contributed by atoms with E-state index in [-0.39, 0.29) is 16.6 Å². The molecule has 8 heteroatoms. The average molecular weight is 299 g/mol. The fraction of sp³-hybridized carbons (Fsp3) is 0.500. The summed E-state index contributed by atoms with van der Waals surface area (Å²) in [4.78, 5) is 10.1. The van der Waals surface area contributed by atoms with Gasteiger partial charge in [0.05, 0.1) is 4.92 Å². The van der Waals surface area contributed by atoms with Crippen LogP contribution in [-0.4, -0.2) is 32.5 Å². The number of sulfonamides is 1. The van der Waals surface area contributed by atoms with E-state index in [1.54, 1.807) is 13.8 Å². The second-order valence-electron chi connectivity index (χ2n) is 4.97. The van der Waals surface area contributed by atoms with E-state index in [1.165, 1.54) is 12.1 Å². The van der Waals surface area contributed by atoms with Gasteiger partial charge in [-0.05, 0) is 44.0 Å². The molecule has 1 aromatic carbocycles. The van der Waals surface area contributed by atoms with Gasteiger partial charge >= 0.3 is 0 Å². The third-order valence-corrected chi connectivity index (χ3v) is 4.99. The van der Waals surface area contributed by atoms with E-state index in [0.717, 1.165) is 6.54 Å². The van der Waals surface area contributed by atoms with E-state index in [2.05, 4.69) is 10.0 Å². The van der Waals surface area contributed by atoms with Crippen LogP contribution in [0.1, 0.15) is 17.5 Å². The van der Waals surface area contributed by atoms with E-state index in [9.17, 15) is 18.5 Å². The Hall–Kier alpha value is -1.51. The maximum Gasteiger partial charge on any atom is 0.289 e. The van der Waals surface area contributed by atoms with E-state index in [0.29, 0.717) is 24.1 Å². The first-order valence-electron chi connectivity index (χ1n) is 6.30. The predicted octanol–water partition coefficient (Wildman–Crippen LogP) is 0.852. The Labute approximate surface area is 117 Å². The van der Waals surface area contributed by atoms with Gasteiger partial charge in [0.1, 0.15) is 0 Å². The lowest BCUT2D eigenvalue weighted by molar-refractivity contribution is -0.387. The molecule has 0 aromatic heterocycles. The Morgan fingerprint density at radius 2 is 2.00 bits per heavy atom. The second kappa shape index (κ2) is 5.47. The van der Waals surface area contributed by atoms with Crippen LogP contribution in [0.4, 0.5) is 5.69 Å². The van der Waals surface area contributed by atoms with Crippen LogP contribution in [0.15, 0.2) is 17.0 Å². The number of nitro groups is 1. The van der Waals surface area contributed by atoms with Crippen molar-refractivity contribution in [3.05, 3.63) is 33.4 Å². The molecule has 1 aliphatic heterocycles. The van der Waals surface area contributed by atoms with Crippen LogP contribution in [0, 0.1) is 24.0 Å². The summed E-state index contributed by atoms with van der Waals surface area (Å²) >= 11 is 0. The zero-order valence-electron chi connectivity index (χ0n) is 11.3. The lowest BCUT2D eigenvalue weighted by Crippen LogP contribution is -2.36. The summed E-state index contributed by atoms with van der Waals surface area (Å²) in [5, 5.41) is 14.1. The highest BCUT2D eigenvalue weighted by atomic mass is 32.2. The maximum absolute atomic E-state index is 12.3. The van der Waals surface area contributed by atoms with Crippen LogP contribution < -0.4 is 10.0 Å². The van der Waals surface area contributed by atoms with Crippen molar-refractivity contribution in [2.75, 3.05) is 13.1 Å². The van der Waals surface area contributed by atoms with E-state index >= 15 is 0 Å². The molecular formula is C12H17N3O4S. The van der Waals surface area contributed by atoms with Gasteiger partial charge in [-0.1, -0.05) is 0 Å². The van der Waals surface area contributed by atoms with Crippen LogP contribution in [0.3, 0.4) is 0 Å². The topological polar surface area (TPSA) is 101 Å². The van der Waals surface area contributed by atoms with Gasteiger partial charge in [0.15, 0.2) is 4.90 Å². The van der Waals surface area contributed by atoms with Gasteiger partial charge in [-0.15, -0.1) is 0 Å². The van der Waals surface area contributed by atoms with Crippen molar-refractivity contribution >= 4 is 15.7 Å². The number of rotatable bonds is 4. The molecule has 0 bridgehead atoms. The Morgan fingerprint density at radius 1 is 1.35 bits per heavy atom. The number of aryl methyl sites for hydroxylation is 2. The fourth-order valence-corrected chi connectivity index (χ4v) is 3.68. The second-order valence-corrected chi connectivity index (χ2v) is 6.65. The number of hydrogen-bond acceptors (Lipinski definition) is 5. The van der Waals surface area contributed by atoms with Crippen LogP contribution in [0.25, 0.3) is 0 Å². The highest BCUT2D eigenvalue weighted by Gasteiger charge is 2.29. The summed E-state index contributed by atoms with van der Waals surface area (Å²) in [7, 11) is -3.89. The van der Waals surface area contributed by atoms with E-state index in [4.69, 9.17) is 0 Å². The molecule has 0 amide bonds. The molecule has 110 valence electrons. The summed E-state index contributed by atoms with van der Waals surface area (Å²) in [5.74, 6) is 0. The number of benzene rings is 1. The number of hydrogen-bond donors (Lipinski definition) is 2. The van der Waals surface area contributed by atoms with Gasteiger partial charge in [-0.25, -0.2) is 13.1 Å². The molecule has 0 radical (unpaired) electrons. The van der Waals surface area contributed by atoms with Crippen molar-refractivity contribution in [3.63, 3.8) is 0 Å². The van der Waals surface area contributed by atoms with Crippen LogP contribution in [0.5, 0.6) is 0 Å². The minimum absolute atomic E-state index is 0.221. The Kier molecular flexibility index (Phi) is 4.07. The quantitative estimate of drug-likeness (QED) is 0.634. The molecule has 0 aliphatic carbocycles. The van der Waals surface area contributed by atoms with E-state index in [1.807, 2.05) is 0 Å². The Morgan fingerprint density at radius 3 is 2.55 bits per heavy atom. The van der Waals surface area contributed by atoms with Gasteiger partial charge < -0.3 is 5.32 Å². The Bertz CT molecular complexity index is 636. The SMILES string of the molecule is Cc1cc([N+](=O)[O-])c(S(=O)(=O)NC2CCNC2)cc1C. The molecule has 1 saturated heterocycles. The van der Waals surface area contributed by atoms with Crippen molar-refractivity contribution in [3.8, 4) is 0 Å². The monoisotopic (exact) mass is 299 g/mol. The van der Waals surface area contributed by atoms with Crippen molar-refractivity contribution < 1.29 is 13.3 Å². The third-order valence-electron chi connectivity index (χ3n) is 3.44. The van der Waals surface area contributed by atoms with E-state index < -0.39 is 14.9 Å². The molecule has 1 atom stereocenters.